The van der Waals surface area contributed by atoms with Crippen LogP contribution in [0.25, 0.3) is 0 Å². The molecule has 1 fully saturated rings. The molecule has 2 rings (SSSR count). The zero-order valence-electron chi connectivity index (χ0n) is 9.44. The Hall–Kier alpha value is -1.35. The van der Waals surface area contributed by atoms with Crippen LogP contribution in [0.5, 0.6) is 0 Å². The first-order valence-electron chi connectivity index (χ1n) is 5.50. The van der Waals surface area contributed by atoms with Crippen molar-refractivity contribution in [2.45, 2.75) is 20.0 Å². The molecule has 3 heteroatoms. The second-order valence-electron chi connectivity index (χ2n) is 4.42. The maximum Gasteiger partial charge on any atom is 0.314 e. The SMILES string of the molecule is C[C@]1(C(=O)OCc2ccccc2)CCOC1. The van der Waals surface area contributed by atoms with Gasteiger partial charge in [0.1, 0.15) is 6.61 Å². The predicted octanol–water partition coefficient (Wildman–Crippen LogP) is 2.16. The standard InChI is InChI=1S/C13H16O3/c1-13(7-8-15-10-13)12(14)16-9-11-5-3-2-4-6-11/h2-6H,7-10H2,1H3/t13-/m0/s1. The van der Waals surface area contributed by atoms with Gasteiger partial charge < -0.3 is 9.47 Å². The van der Waals surface area contributed by atoms with Gasteiger partial charge in [-0.15, -0.1) is 0 Å². The highest BCUT2D eigenvalue weighted by Gasteiger charge is 2.38. The van der Waals surface area contributed by atoms with Crippen molar-refractivity contribution in [1.29, 1.82) is 0 Å². The summed E-state index contributed by atoms with van der Waals surface area (Å²) in [7, 11) is 0. The number of hydrogen-bond donors (Lipinski definition) is 0. The summed E-state index contributed by atoms with van der Waals surface area (Å²) in [5.74, 6) is -0.158. The Balaban J connectivity index is 1.89. The van der Waals surface area contributed by atoms with Crippen LogP contribution in [0.15, 0.2) is 30.3 Å². The van der Waals surface area contributed by atoms with Crippen molar-refractivity contribution in [2.75, 3.05) is 13.2 Å². The molecule has 0 unspecified atom stereocenters. The van der Waals surface area contributed by atoms with Crippen molar-refractivity contribution >= 4 is 5.97 Å². The molecule has 0 N–H and O–H groups in total. The average molecular weight is 220 g/mol. The summed E-state index contributed by atoms with van der Waals surface area (Å²) >= 11 is 0. The third-order valence-corrected chi connectivity index (χ3v) is 2.92. The highest BCUT2D eigenvalue weighted by Crippen LogP contribution is 2.29. The molecule has 16 heavy (non-hydrogen) atoms. The number of carbonyl (C=O) groups is 1. The van der Waals surface area contributed by atoms with Crippen molar-refractivity contribution < 1.29 is 14.3 Å². The van der Waals surface area contributed by atoms with Crippen LogP contribution < -0.4 is 0 Å². The Bertz CT molecular complexity index is 353. The maximum absolute atomic E-state index is 11.8. The molecule has 0 saturated carbocycles. The summed E-state index contributed by atoms with van der Waals surface area (Å²) in [4.78, 5) is 11.8. The lowest BCUT2D eigenvalue weighted by atomic mass is 9.90. The minimum absolute atomic E-state index is 0.158. The smallest absolute Gasteiger partial charge is 0.314 e. The Kier molecular flexibility index (Phi) is 3.25. The van der Waals surface area contributed by atoms with Gasteiger partial charge >= 0.3 is 5.97 Å². The quantitative estimate of drug-likeness (QED) is 0.732. The van der Waals surface area contributed by atoms with Gasteiger partial charge in [0.25, 0.3) is 0 Å². The van der Waals surface area contributed by atoms with Crippen molar-refractivity contribution in [1.82, 2.24) is 0 Å². The topological polar surface area (TPSA) is 35.5 Å². The molecule has 1 atom stereocenters. The van der Waals surface area contributed by atoms with Crippen LogP contribution in [-0.2, 0) is 20.9 Å². The monoisotopic (exact) mass is 220 g/mol. The van der Waals surface area contributed by atoms with Gasteiger partial charge in [-0.25, -0.2) is 0 Å². The Morgan fingerprint density at radius 1 is 1.44 bits per heavy atom. The first-order chi connectivity index (χ1) is 7.71. The van der Waals surface area contributed by atoms with Crippen molar-refractivity contribution in [3.8, 4) is 0 Å². The fourth-order valence-corrected chi connectivity index (χ4v) is 1.73. The summed E-state index contributed by atoms with van der Waals surface area (Å²) in [5.41, 5.74) is 0.563. The number of carbonyl (C=O) groups excluding carboxylic acids is 1. The van der Waals surface area contributed by atoms with Crippen LogP contribution in [0.3, 0.4) is 0 Å². The molecule has 1 aliphatic heterocycles. The van der Waals surface area contributed by atoms with E-state index in [1.807, 2.05) is 37.3 Å². The molecule has 0 bridgehead atoms. The second kappa shape index (κ2) is 4.66. The lowest BCUT2D eigenvalue weighted by molar-refractivity contribution is -0.156. The first kappa shape index (κ1) is 11.1. The van der Waals surface area contributed by atoms with E-state index in [9.17, 15) is 4.79 Å². The van der Waals surface area contributed by atoms with Crippen molar-refractivity contribution in [2.24, 2.45) is 5.41 Å². The number of benzene rings is 1. The van der Waals surface area contributed by atoms with Crippen molar-refractivity contribution in [3.05, 3.63) is 35.9 Å². The number of ether oxygens (including phenoxy) is 2. The summed E-state index contributed by atoms with van der Waals surface area (Å²) in [5, 5.41) is 0. The summed E-state index contributed by atoms with van der Waals surface area (Å²) in [6.07, 6.45) is 0.751. The first-order valence-corrected chi connectivity index (χ1v) is 5.50. The van der Waals surface area contributed by atoms with E-state index in [0.717, 1.165) is 12.0 Å². The average Bonchev–Trinajstić information content (AvgIpc) is 2.76. The van der Waals surface area contributed by atoms with Gasteiger partial charge in [0.15, 0.2) is 0 Å². The van der Waals surface area contributed by atoms with E-state index in [1.54, 1.807) is 0 Å². The summed E-state index contributed by atoms with van der Waals surface area (Å²) in [6, 6.07) is 9.70. The molecule has 1 aromatic rings. The molecule has 3 nitrogen and oxygen atoms in total. The van der Waals surface area contributed by atoms with Crippen molar-refractivity contribution in [3.63, 3.8) is 0 Å². The third-order valence-electron chi connectivity index (χ3n) is 2.92. The van der Waals surface area contributed by atoms with Gasteiger partial charge in [-0.05, 0) is 18.9 Å². The van der Waals surface area contributed by atoms with E-state index >= 15 is 0 Å². The lowest BCUT2D eigenvalue weighted by Gasteiger charge is -2.19. The highest BCUT2D eigenvalue weighted by molar-refractivity contribution is 5.76. The molecule has 1 heterocycles. The van der Waals surface area contributed by atoms with Crippen LogP contribution in [0, 0.1) is 5.41 Å². The molecular formula is C13H16O3. The van der Waals surface area contributed by atoms with E-state index in [4.69, 9.17) is 9.47 Å². The number of hydrogen-bond acceptors (Lipinski definition) is 3. The third kappa shape index (κ3) is 2.42. The van der Waals surface area contributed by atoms with Crippen LogP contribution in [-0.4, -0.2) is 19.2 Å². The van der Waals surface area contributed by atoms with Crippen LogP contribution in [0.2, 0.25) is 0 Å². The maximum atomic E-state index is 11.8. The minimum atomic E-state index is -0.450. The summed E-state index contributed by atoms with van der Waals surface area (Å²) in [6.45, 7) is 3.36. The number of esters is 1. The van der Waals surface area contributed by atoms with Crippen LogP contribution in [0.1, 0.15) is 18.9 Å². The molecule has 0 radical (unpaired) electrons. The molecule has 86 valence electrons. The molecular weight excluding hydrogens is 204 g/mol. The fourth-order valence-electron chi connectivity index (χ4n) is 1.73. The van der Waals surface area contributed by atoms with Gasteiger partial charge in [0.2, 0.25) is 0 Å². The van der Waals surface area contributed by atoms with E-state index in [1.165, 1.54) is 0 Å². The van der Waals surface area contributed by atoms with Crippen LogP contribution >= 0.6 is 0 Å². The van der Waals surface area contributed by atoms with Gasteiger partial charge in [-0.3, -0.25) is 4.79 Å². The molecule has 1 aliphatic rings. The Labute approximate surface area is 95.4 Å². The molecule has 0 aromatic heterocycles. The van der Waals surface area contributed by atoms with Gasteiger partial charge in [-0.2, -0.15) is 0 Å². The van der Waals surface area contributed by atoms with E-state index < -0.39 is 5.41 Å². The van der Waals surface area contributed by atoms with E-state index in [-0.39, 0.29) is 5.97 Å². The van der Waals surface area contributed by atoms with E-state index in [2.05, 4.69) is 0 Å². The van der Waals surface area contributed by atoms with E-state index in [0.29, 0.717) is 19.8 Å². The Morgan fingerprint density at radius 2 is 2.19 bits per heavy atom. The predicted molar refractivity (Wildman–Crippen MR) is 59.8 cm³/mol. The van der Waals surface area contributed by atoms with Crippen LogP contribution in [0.4, 0.5) is 0 Å². The normalized spacial score (nSPS) is 24.3. The largest absolute Gasteiger partial charge is 0.460 e. The zero-order chi connectivity index (χ0) is 11.4. The fraction of sp³-hybridized carbons (Fsp3) is 0.462. The molecule has 0 spiro atoms. The lowest BCUT2D eigenvalue weighted by Crippen LogP contribution is -2.30. The zero-order valence-corrected chi connectivity index (χ0v) is 9.44. The van der Waals surface area contributed by atoms with Gasteiger partial charge in [-0.1, -0.05) is 30.3 Å². The van der Waals surface area contributed by atoms with Gasteiger partial charge in [0, 0.05) is 6.61 Å². The Morgan fingerprint density at radius 3 is 2.81 bits per heavy atom. The molecule has 1 aromatic carbocycles. The summed E-state index contributed by atoms with van der Waals surface area (Å²) < 4.78 is 10.5. The number of rotatable bonds is 3. The molecule has 0 aliphatic carbocycles. The van der Waals surface area contributed by atoms with Gasteiger partial charge in [0.05, 0.1) is 12.0 Å². The highest BCUT2D eigenvalue weighted by atomic mass is 16.5. The second-order valence-corrected chi connectivity index (χ2v) is 4.42. The molecule has 1 saturated heterocycles. The molecule has 0 amide bonds. The minimum Gasteiger partial charge on any atom is -0.460 e.